The highest BCUT2D eigenvalue weighted by molar-refractivity contribution is 5.70. The molecule has 0 aromatic rings. The number of carbonyl (C=O) groups excluding carboxylic acids is 3. The number of quaternary nitrogens is 1. The van der Waals surface area contributed by atoms with Gasteiger partial charge in [0.15, 0.2) is 12.4 Å². The summed E-state index contributed by atoms with van der Waals surface area (Å²) in [6.07, 6.45) is 94.9. The molecule has 9 nitrogen and oxygen atoms in total. The second-order valence-corrected chi connectivity index (χ2v) is 24.1. The van der Waals surface area contributed by atoms with Gasteiger partial charge in [-0.2, -0.15) is 0 Å². The average molecular weight is 1210 g/mol. The number of hydrogen-bond donors (Lipinski definition) is 0. The van der Waals surface area contributed by atoms with E-state index in [-0.39, 0.29) is 38.6 Å². The van der Waals surface area contributed by atoms with Gasteiger partial charge in [-0.1, -0.05) is 282 Å². The molecule has 0 spiro atoms. The molecule has 0 bridgehead atoms. The van der Waals surface area contributed by atoms with Crippen molar-refractivity contribution in [3.8, 4) is 0 Å². The molecule has 87 heavy (non-hydrogen) atoms. The Labute approximate surface area is 534 Å². The Balaban J connectivity index is 4.24. The topological polar surface area (TPSA) is 111 Å². The van der Waals surface area contributed by atoms with Crippen molar-refractivity contribution in [1.82, 2.24) is 0 Å². The van der Waals surface area contributed by atoms with Crippen LogP contribution in [0.1, 0.15) is 271 Å². The fraction of sp³-hybridized carbons (Fsp3) is 0.654. The molecule has 0 amide bonds. The monoisotopic (exact) mass is 1210 g/mol. The molecule has 0 heterocycles. The van der Waals surface area contributed by atoms with Crippen molar-refractivity contribution in [2.45, 2.75) is 283 Å². The number of likely N-dealkylation sites (N-methyl/N-ethyl adjacent to an activating group) is 1. The zero-order valence-corrected chi connectivity index (χ0v) is 56.3. The second-order valence-electron chi connectivity index (χ2n) is 24.1. The summed E-state index contributed by atoms with van der Waals surface area (Å²) in [7, 11) is 5.91. The lowest BCUT2D eigenvalue weighted by atomic mass is 10.0. The lowest BCUT2D eigenvalue weighted by Gasteiger charge is -2.26. The van der Waals surface area contributed by atoms with E-state index < -0.39 is 24.3 Å². The minimum absolute atomic E-state index is 0.135. The minimum Gasteiger partial charge on any atom is -0.545 e. The van der Waals surface area contributed by atoms with Gasteiger partial charge in [0.2, 0.25) is 0 Å². The quantitative estimate of drug-likeness (QED) is 0.0195. The van der Waals surface area contributed by atoms with E-state index in [4.69, 9.17) is 18.9 Å². The van der Waals surface area contributed by atoms with Crippen molar-refractivity contribution in [2.75, 3.05) is 47.5 Å². The molecule has 0 N–H and O–H groups in total. The molecule has 0 aliphatic heterocycles. The van der Waals surface area contributed by atoms with Crippen molar-refractivity contribution in [3.05, 3.63) is 146 Å². The highest BCUT2D eigenvalue weighted by Crippen LogP contribution is 2.16. The largest absolute Gasteiger partial charge is 0.545 e. The minimum atomic E-state index is -1.64. The first-order chi connectivity index (χ1) is 42.6. The van der Waals surface area contributed by atoms with Gasteiger partial charge in [-0.15, -0.1) is 0 Å². The van der Waals surface area contributed by atoms with Gasteiger partial charge in [-0.25, -0.2) is 0 Å². The third-order valence-corrected chi connectivity index (χ3v) is 14.6. The number of rotatable bonds is 63. The number of hydrogen-bond acceptors (Lipinski definition) is 8. The Morgan fingerprint density at radius 3 is 0.977 bits per heavy atom. The summed E-state index contributed by atoms with van der Waals surface area (Å²) in [4.78, 5) is 37.5. The van der Waals surface area contributed by atoms with Gasteiger partial charge in [0.1, 0.15) is 13.2 Å². The molecule has 0 saturated heterocycles. The average Bonchev–Trinajstić information content (AvgIpc) is 3.56. The van der Waals surface area contributed by atoms with E-state index in [1.165, 1.54) is 122 Å². The van der Waals surface area contributed by atoms with Crippen LogP contribution in [0.15, 0.2) is 146 Å². The maximum Gasteiger partial charge on any atom is 0.306 e. The van der Waals surface area contributed by atoms with Gasteiger partial charge < -0.3 is 33.3 Å². The molecule has 2 atom stereocenters. The van der Waals surface area contributed by atoms with E-state index >= 15 is 0 Å². The normalized spacial score (nSPS) is 13.6. The molecule has 0 aromatic carbocycles. The third-order valence-electron chi connectivity index (χ3n) is 14.6. The molecule has 2 unspecified atom stereocenters. The highest BCUT2D eigenvalue weighted by Gasteiger charge is 2.22. The maximum atomic E-state index is 12.9. The molecular formula is C78H129NO8. The predicted octanol–water partition coefficient (Wildman–Crippen LogP) is 20.6. The first kappa shape index (κ1) is 82.2. The molecule has 494 valence electrons. The molecule has 0 saturated carbocycles. The van der Waals surface area contributed by atoms with Crippen LogP contribution in [0.3, 0.4) is 0 Å². The number of allylic oxidation sites excluding steroid dienone is 24. The van der Waals surface area contributed by atoms with E-state index in [1.54, 1.807) is 0 Å². The Kier molecular flexibility index (Phi) is 63.4. The molecule has 0 rings (SSSR count). The summed E-state index contributed by atoms with van der Waals surface area (Å²) in [5.41, 5.74) is 0. The van der Waals surface area contributed by atoms with Crippen LogP contribution >= 0.6 is 0 Å². The van der Waals surface area contributed by atoms with Crippen LogP contribution in [-0.2, 0) is 33.3 Å². The number of carboxylic acids is 1. The van der Waals surface area contributed by atoms with Crippen LogP contribution in [0, 0.1) is 0 Å². The van der Waals surface area contributed by atoms with Gasteiger partial charge in [0.25, 0.3) is 0 Å². The highest BCUT2D eigenvalue weighted by atomic mass is 16.7. The SMILES string of the molecule is CC/C=C\C/C=C\C/C=C\C/C=C\C/C=C\C/C=C\C/C=C\C/C=C\C/C=C\C/C=C\CCCCCCC(=O)OC(COC(=O)CCCCCCCCCCCCCCCCC/C=C\C/C=C\CCCCCCC)COC(OCC[N+](C)(C)C)C(=O)[O-]. The number of esters is 2. The van der Waals surface area contributed by atoms with Crippen LogP contribution in [0.25, 0.3) is 0 Å². The van der Waals surface area contributed by atoms with E-state index in [9.17, 15) is 19.5 Å². The molecular weight excluding hydrogens is 1080 g/mol. The maximum absolute atomic E-state index is 12.9. The van der Waals surface area contributed by atoms with E-state index in [0.29, 0.717) is 17.4 Å². The number of unbranched alkanes of at least 4 members (excludes halogenated alkanes) is 24. The number of nitrogens with zero attached hydrogens (tertiary/aromatic N) is 1. The first-order valence-electron chi connectivity index (χ1n) is 35.0. The molecule has 0 fully saturated rings. The zero-order chi connectivity index (χ0) is 63.3. The second kappa shape index (κ2) is 67.1. The summed E-state index contributed by atoms with van der Waals surface area (Å²) in [6, 6.07) is 0. The number of carbonyl (C=O) groups is 3. The van der Waals surface area contributed by atoms with Crippen LogP contribution in [0.2, 0.25) is 0 Å². The van der Waals surface area contributed by atoms with Crippen molar-refractivity contribution in [3.63, 3.8) is 0 Å². The molecule has 9 heteroatoms. The lowest BCUT2D eigenvalue weighted by Crippen LogP contribution is -2.44. The van der Waals surface area contributed by atoms with Crippen LogP contribution in [0.5, 0.6) is 0 Å². The smallest absolute Gasteiger partial charge is 0.306 e. The molecule has 0 aliphatic rings. The molecule has 0 radical (unpaired) electrons. The van der Waals surface area contributed by atoms with Crippen LogP contribution < -0.4 is 5.11 Å². The number of carboxylic acid groups (broad SMARTS) is 1. The Bertz CT molecular complexity index is 1940. The molecule has 0 aliphatic carbocycles. The third kappa shape index (κ3) is 68.5. The number of aliphatic carboxylic acids is 1. The van der Waals surface area contributed by atoms with E-state index in [2.05, 4.69) is 160 Å². The predicted molar refractivity (Wildman–Crippen MR) is 370 cm³/mol. The standard InChI is InChI=1S/C78H129NO8/c1-6-8-10-12-14-16-18-20-22-24-26-28-30-32-34-35-36-37-38-39-40-41-43-45-47-49-51-53-55-57-59-61-63-65-67-69-76(81)87-74(73-86-78(77(82)83)84-71-70-79(3,4)5)72-85-75(80)68-66-64-62-60-58-56-54-52-50-48-46-44-42-33-31-29-27-25-23-21-19-17-15-13-11-9-7-2/h8,10,14,16,19-22,25-28,32,34,36-37,39-40,43,45,49,51,55,57,74,78H,6-7,9,11-13,15,17-18,23-24,29-31,33,35,38,41-42,44,46-48,50,52-54,56,58-73H2,1-5H3/b10-8-,16-14-,21-19-,22-20-,27-25-,28-26-,34-32-,37-36-,40-39-,45-43-,51-49-,57-55-. The zero-order valence-electron chi connectivity index (χ0n) is 56.3. The van der Waals surface area contributed by atoms with Gasteiger partial charge in [0.05, 0.1) is 40.3 Å². The van der Waals surface area contributed by atoms with Gasteiger partial charge >= 0.3 is 11.9 Å². The van der Waals surface area contributed by atoms with Crippen molar-refractivity contribution < 1.29 is 42.9 Å². The lowest BCUT2D eigenvalue weighted by molar-refractivity contribution is -0.870. The summed E-state index contributed by atoms with van der Waals surface area (Å²) >= 11 is 0. The summed E-state index contributed by atoms with van der Waals surface area (Å²) in [5, 5.41) is 11.8. The van der Waals surface area contributed by atoms with Gasteiger partial charge in [0, 0.05) is 12.8 Å². The fourth-order valence-corrected chi connectivity index (χ4v) is 9.24. The van der Waals surface area contributed by atoms with Gasteiger partial charge in [-0.3, -0.25) is 9.59 Å². The van der Waals surface area contributed by atoms with Crippen molar-refractivity contribution in [2.24, 2.45) is 0 Å². The van der Waals surface area contributed by atoms with Crippen LogP contribution in [0.4, 0.5) is 0 Å². The van der Waals surface area contributed by atoms with E-state index in [1.807, 2.05) is 21.1 Å². The summed E-state index contributed by atoms with van der Waals surface area (Å²) < 4.78 is 22.8. The summed E-state index contributed by atoms with van der Waals surface area (Å²) in [5.74, 6) is -2.33. The Hall–Kier alpha value is -4.83. The van der Waals surface area contributed by atoms with E-state index in [0.717, 1.165) is 116 Å². The Morgan fingerprint density at radius 2 is 0.655 bits per heavy atom. The summed E-state index contributed by atoms with van der Waals surface area (Å²) in [6.45, 7) is 4.59. The number of ether oxygens (including phenoxy) is 4. The molecule has 0 aromatic heterocycles. The van der Waals surface area contributed by atoms with Gasteiger partial charge in [-0.05, 0) is 122 Å². The van der Waals surface area contributed by atoms with Crippen molar-refractivity contribution >= 4 is 17.9 Å². The fourth-order valence-electron chi connectivity index (χ4n) is 9.24. The first-order valence-corrected chi connectivity index (χ1v) is 35.0. The Morgan fingerprint density at radius 1 is 0.356 bits per heavy atom. The van der Waals surface area contributed by atoms with Crippen molar-refractivity contribution in [1.29, 1.82) is 0 Å². The van der Waals surface area contributed by atoms with Crippen LogP contribution in [-0.4, -0.2) is 82.3 Å².